The number of carbonyl (C=O) groups is 1. The number of carbonyl (C=O) groups excluding carboxylic acids is 1. The number of allylic oxidation sites excluding steroid dienone is 2. The van der Waals surface area contributed by atoms with Gasteiger partial charge in [-0.1, -0.05) is 26.7 Å². The third-order valence-electron chi connectivity index (χ3n) is 4.38. The number of rotatable bonds is 8. The lowest BCUT2D eigenvalue weighted by atomic mass is 10.0. The molecule has 24 heavy (non-hydrogen) atoms. The Morgan fingerprint density at radius 1 is 1.12 bits per heavy atom. The van der Waals surface area contributed by atoms with Crippen LogP contribution in [0.2, 0.25) is 0 Å². The lowest BCUT2D eigenvalue weighted by Gasteiger charge is -2.23. The second-order valence-electron chi connectivity index (χ2n) is 6.68. The van der Waals surface area contributed by atoms with Crippen LogP contribution in [0, 0.1) is 0 Å². The molecule has 0 spiro atoms. The van der Waals surface area contributed by atoms with Gasteiger partial charge >= 0.3 is 0 Å². The number of phenols is 1. The fourth-order valence-corrected chi connectivity index (χ4v) is 2.92. The molecular weight excluding hydrogens is 302 g/mol. The average Bonchev–Trinajstić information content (AvgIpc) is 2.89. The summed E-state index contributed by atoms with van der Waals surface area (Å²) in [5.41, 5.74) is 2.14. The number of phenolic OH excluding ortho intramolecular Hbond substituents is 1. The summed E-state index contributed by atoms with van der Waals surface area (Å²) < 4.78 is 5.85. The molecule has 4 nitrogen and oxygen atoms in total. The molecule has 0 unspecified atom stereocenters. The number of benzene rings is 1. The van der Waals surface area contributed by atoms with E-state index < -0.39 is 0 Å². The van der Waals surface area contributed by atoms with Crippen LogP contribution in [-0.2, 0) is 6.54 Å². The van der Waals surface area contributed by atoms with Crippen LogP contribution in [0.4, 0.5) is 0 Å². The molecule has 1 aromatic carbocycles. The van der Waals surface area contributed by atoms with Gasteiger partial charge in [0.25, 0.3) is 0 Å². The van der Waals surface area contributed by atoms with Gasteiger partial charge in [-0.3, -0.25) is 9.69 Å². The van der Waals surface area contributed by atoms with Crippen molar-refractivity contribution < 1.29 is 14.6 Å². The summed E-state index contributed by atoms with van der Waals surface area (Å²) >= 11 is 0. The first-order chi connectivity index (χ1) is 11.5. The second-order valence-corrected chi connectivity index (χ2v) is 6.68. The molecule has 1 aromatic rings. The first-order valence-corrected chi connectivity index (χ1v) is 8.96. The number of ether oxygens (including phenoxy) is 1. The maximum atomic E-state index is 12.5. The Balaban J connectivity index is 2.31. The molecule has 132 valence electrons. The normalized spacial score (nSPS) is 13.4. The van der Waals surface area contributed by atoms with Gasteiger partial charge in [-0.05, 0) is 57.5 Å². The van der Waals surface area contributed by atoms with Crippen molar-refractivity contribution in [2.75, 3.05) is 13.1 Å². The topological polar surface area (TPSA) is 49.8 Å². The summed E-state index contributed by atoms with van der Waals surface area (Å²) in [6, 6.07) is 3.27. The van der Waals surface area contributed by atoms with E-state index in [2.05, 4.69) is 18.7 Å². The number of Topliss-reactive ketones (excluding diaryl/α,β-unsaturated/α-hetero) is 1. The van der Waals surface area contributed by atoms with Gasteiger partial charge in [0.2, 0.25) is 5.78 Å². The molecule has 1 N–H and O–H groups in total. The van der Waals surface area contributed by atoms with Gasteiger partial charge in [0.15, 0.2) is 5.76 Å². The largest absolute Gasteiger partial charge is 0.507 e. The van der Waals surface area contributed by atoms with Crippen molar-refractivity contribution in [2.24, 2.45) is 0 Å². The van der Waals surface area contributed by atoms with E-state index in [0.29, 0.717) is 23.6 Å². The highest BCUT2D eigenvalue weighted by Gasteiger charge is 2.32. The van der Waals surface area contributed by atoms with E-state index in [1.807, 2.05) is 13.8 Å². The van der Waals surface area contributed by atoms with Gasteiger partial charge < -0.3 is 9.84 Å². The van der Waals surface area contributed by atoms with Gasteiger partial charge in [-0.15, -0.1) is 0 Å². The fourth-order valence-electron chi connectivity index (χ4n) is 2.92. The number of aromatic hydroxyl groups is 1. The average molecular weight is 331 g/mol. The highest BCUT2D eigenvalue weighted by molar-refractivity contribution is 6.13. The summed E-state index contributed by atoms with van der Waals surface area (Å²) in [7, 11) is 0. The molecule has 0 saturated carbocycles. The second kappa shape index (κ2) is 8.34. The molecule has 0 saturated heterocycles. The minimum atomic E-state index is -0.0834. The molecule has 0 radical (unpaired) electrons. The molecule has 1 aliphatic rings. The zero-order chi connectivity index (χ0) is 17.7. The zero-order valence-electron chi connectivity index (χ0n) is 15.3. The smallest absolute Gasteiger partial charge is 0.231 e. The first-order valence-electron chi connectivity index (χ1n) is 8.96. The van der Waals surface area contributed by atoms with Crippen molar-refractivity contribution >= 4 is 5.78 Å². The molecule has 4 heteroatoms. The Hall–Kier alpha value is -1.81. The molecule has 0 atom stereocenters. The SMILES string of the molecule is CCCCN(CCCC)Cc1c(O)ccc2c1OC(=C(C)C)C2=O. The number of hydrogen-bond donors (Lipinski definition) is 1. The monoisotopic (exact) mass is 331 g/mol. The van der Waals surface area contributed by atoms with E-state index in [0.717, 1.165) is 49.9 Å². The van der Waals surface area contributed by atoms with Gasteiger partial charge in [0.1, 0.15) is 11.5 Å². The maximum Gasteiger partial charge on any atom is 0.231 e. The lowest BCUT2D eigenvalue weighted by Crippen LogP contribution is -2.25. The predicted molar refractivity (Wildman–Crippen MR) is 96.5 cm³/mol. The Labute approximate surface area is 145 Å². The first kappa shape index (κ1) is 18.5. The van der Waals surface area contributed by atoms with Gasteiger partial charge in [-0.2, -0.15) is 0 Å². The Bertz CT molecular complexity index is 622. The van der Waals surface area contributed by atoms with E-state index in [-0.39, 0.29) is 11.5 Å². The maximum absolute atomic E-state index is 12.5. The van der Waals surface area contributed by atoms with Crippen LogP contribution in [0.25, 0.3) is 0 Å². The standard InChI is InChI=1S/C20H29NO3/c1-5-7-11-21(12-8-6-2)13-16-17(22)10-9-15-18(23)19(14(3)4)24-20(15)16/h9-10,22H,5-8,11-13H2,1-4H3. The van der Waals surface area contributed by atoms with Crippen LogP contribution in [0.15, 0.2) is 23.5 Å². The minimum absolute atomic E-state index is 0.0834. The molecule has 2 rings (SSSR count). The summed E-state index contributed by atoms with van der Waals surface area (Å²) in [5, 5.41) is 10.4. The van der Waals surface area contributed by atoms with Crippen molar-refractivity contribution in [1.29, 1.82) is 0 Å². The molecule has 1 aliphatic heterocycles. The van der Waals surface area contributed by atoms with Crippen LogP contribution >= 0.6 is 0 Å². The van der Waals surface area contributed by atoms with Crippen LogP contribution in [-0.4, -0.2) is 28.9 Å². The van der Waals surface area contributed by atoms with Crippen LogP contribution < -0.4 is 4.74 Å². The summed E-state index contributed by atoms with van der Waals surface area (Å²) in [5.74, 6) is 1.05. The van der Waals surface area contributed by atoms with E-state index in [9.17, 15) is 9.90 Å². The molecule has 0 amide bonds. The zero-order valence-corrected chi connectivity index (χ0v) is 15.3. The number of fused-ring (bicyclic) bond motifs is 1. The molecule has 0 bridgehead atoms. The van der Waals surface area contributed by atoms with E-state index in [1.165, 1.54) is 0 Å². The molecule has 0 fully saturated rings. The molecular formula is C20H29NO3. The van der Waals surface area contributed by atoms with Gasteiger partial charge in [0, 0.05) is 6.54 Å². The van der Waals surface area contributed by atoms with E-state index in [4.69, 9.17) is 4.74 Å². The Kier molecular flexibility index (Phi) is 6.44. The minimum Gasteiger partial charge on any atom is -0.507 e. The Morgan fingerprint density at radius 3 is 2.29 bits per heavy atom. The fraction of sp³-hybridized carbons (Fsp3) is 0.550. The number of ketones is 1. The highest BCUT2D eigenvalue weighted by atomic mass is 16.5. The summed E-state index contributed by atoms with van der Waals surface area (Å²) in [6.45, 7) is 10.7. The summed E-state index contributed by atoms with van der Waals surface area (Å²) in [4.78, 5) is 14.8. The summed E-state index contributed by atoms with van der Waals surface area (Å²) in [6.07, 6.45) is 4.52. The molecule has 1 heterocycles. The van der Waals surface area contributed by atoms with Gasteiger partial charge in [-0.25, -0.2) is 0 Å². The van der Waals surface area contributed by atoms with Crippen molar-refractivity contribution in [3.8, 4) is 11.5 Å². The third-order valence-corrected chi connectivity index (χ3v) is 4.38. The molecule has 0 aromatic heterocycles. The van der Waals surface area contributed by atoms with Gasteiger partial charge in [0.05, 0.1) is 11.1 Å². The quantitative estimate of drug-likeness (QED) is 0.704. The van der Waals surface area contributed by atoms with E-state index >= 15 is 0 Å². The van der Waals surface area contributed by atoms with Crippen molar-refractivity contribution in [1.82, 2.24) is 4.90 Å². The predicted octanol–water partition coefficient (Wildman–Crippen LogP) is 4.66. The lowest BCUT2D eigenvalue weighted by molar-refractivity contribution is 0.101. The Morgan fingerprint density at radius 2 is 1.75 bits per heavy atom. The van der Waals surface area contributed by atoms with Crippen LogP contribution in [0.5, 0.6) is 11.5 Å². The third kappa shape index (κ3) is 3.99. The van der Waals surface area contributed by atoms with Crippen molar-refractivity contribution in [2.45, 2.75) is 59.9 Å². The van der Waals surface area contributed by atoms with Crippen molar-refractivity contribution in [3.05, 3.63) is 34.6 Å². The number of hydrogen-bond acceptors (Lipinski definition) is 4. The number of nitrogens with zero attached hydrogens (tertiary/aromatic N) is 1. The van der Waals surface area contributed by atoms with Crippen LogP contribution in [0.3, 0.4) is 0 Å². The van der Waals surface area contributed by atoms with Crippen LogP contribution in [0.1, 0.15) is 69.3 Å². The highest BCUT2D eigenvalue weighted by Crippen LogP contribution is 2.40. The number of unbranched alkanes of at least 4 members (excludes halogenated alkanes) is 2. The molecule has 0 aliphatic carbocycles. The van der Waals surface area contributed by atoms with E-state index in [1.54, 1.807) is 12.1 Å². The van der Waals surface area contributed by atoms with Crippen molar-refractivity contribution in [3.63, 3.8) is 0 Å².